The van der Waals surface area contributed by atoms with E-state index < -0.39 is 27.5 Å². The zero-order chi connectivity index (χ0) is 29.8. The van der Waals surface area contributed by atoms with Gasteiger partial charge in [-0.05, 0) is 68.1 Å². The first-order chi connectivity index (χ1) is 19.4. The number of amides is 1. The molecule has 9 nitrogen and oxygen atoms in total. The fraction of sp³-hybridized carbons (Fsp3) is 0.300. The lowest BCUT2D eigenvalue weighted by molar-refractivity contribution is 0.0940. The molecule has 0 fully saturated rings. The monoisotopic (exact) mass is 578 g/mol. The lowest BCUT2D eigenvalue weighted by Gasteiger charge is -2.23. The topological polar surface area (TPSA) is 123 Å². The van der Waals surface area contributed by atoms with Crippen LogP contribution < -0.4 is 15.4 Å². The van der Waals surface area contributed by atoms with Crippen LogP contribution in [0.15, 0.2) is 79.0 Å². The molecule has 0 radical (unpaired) electrons. The van der Waals surface area contributed by atoms with Crippen LogP contribution in [0.4, 0.5) is 10.1 Å². The summed E-state index contributed by atoms with van der Waals surface area (Å²) in [4.78, 5) is 13.4. The second-order valence-electron chi connectivity index (χ2n) is 10.4. The van der Waals surface area contributed by atoms with Crippen molar-refractivity contribution < 1.29 is 17.6 Å². The van der Waals surface area contributed by atoms with Crippen LogP contribution in [0, 0.1) is 5.82 Å². The summed E-state index contributed by atoms with van der Waals surface area (Å²) in [5.41, 5.74) is 9.12. The van der Waals surface area contributed by atoms with Crippen molar-refractivity contribution in [3.63, 3.8) is 0 Å². The molecule has 4 rings (SSSR count). The number of nitrogens with one attached hydrogen (secondary N) is 1. The van der Waals surface area contributed by atoms with Gasteiger partial charge < -0.3 is 11.1 Å². The number of aromatic nitrogens is 3. The van der Waals surface area contributed by atoms with E-state index in [1.807, 2.05) is 44.2 Å². The normalized spacial score (nSPS) is 13.8. The van der Waals surface area contributed by atoms with Crippen molar-refractivity contribution in [2.45, 2.75) is 45.2 Å². The van der Waals surface area contributed by atoms with Crippen LogP contribution >= 0.6 is 0 Å². The summed E-state index contributed by atoms with van der Waals surface area (Å²) in [5, 5.41) is 11.5. The largest absolute Gasteiger partial charge is 0.346 e. The molecule has 2 atom stereocenters. The van der Waals surface area contributed by atoms with Crippen molar-refractivity contribution in [3.8, 4) is 5.69 Å². The maximum atomic E-state index is 13.4. The highest BCUT2D eigenvalue weighted by Crippen LogP contribution is 2.27. The van der Waals surface area contributed by atoms with Crippen LogP contribution in [0.2, 0.25) is 0 Å². The van der Waals surface area contributed by atoms with Gasteiger partial charge in [-0.25, -0.2) is 17.5 Å². The van der Waals surface area contributed by atoms with Crippen molar-refractivity contribution in [1.29, 1.82) is 0 Å². The number of anilines is 1. The van der Waals surface area contributed by atoms with Crippen molar-refractivity contribution in [1.82, 2.24) is 20.3 Å². The standard InChI is InChI=1S/C30H35FN6O3S/c1-5-15-37(41(4,39)40)27-17-24(29(38)33-21(2)23-11-13-25(31)14-12-23)16-26(18-27)36-20-28(34-35-36)30(3,32)19-22-9-7-6-8-10-22/h6-14,16-18,20-21H,5,15,19,32H2,1-4H3,(H,33,38). The third-order valence-corrected chi connectivity index (χ3v) is 7.95. The van der Waals surface area contributed by atoms with E-state index in [2.05, 4.69) is 15.6 Å². The number of rotatable bonds is 11. The Morgan fingerprint density at radius 3 is 2.44 bits per heavy atom. The van der Waals surface area contributed by atoms with E-state index in [-0.39, 0.29) is 17.9 Å². The third kappa shape index (κ3) is 7.36. The number of hydrogen-bond donors (Lipinski definition) is 2. The van der Waals surface area contributed by atoms with Gasteiger partial charge in [-0.2, -0.15) is 0 Å². The van der Waals surface area contributed by atoms with Gasteiger partial charge in [0.1, 0.15) is 11.5 Å². The minimum absolute atomic E-state index is 0.230. The Labute approximate surface area is 240 Å². The highest BCUT2D eigenvalue weighted by atomic mass is 32.2. The number of sulfonamides is 1. The van der Waals surface area contributed by atoms with Gasteiger partial charge in [0.25, 0.3) is 5.91 Å². The van der Waals surface area contributed by atoms with Crippen molar-refractivity contribution in [2.75, 3.05) is 17.1 Å². The maximum Gasteiger partial charge on any atom is 0.251 e. The number of benzene rings is 3. The summed E-state index contributed by atoms with van der Waals surface area (Å²) < 4.78 is 41.5. The quantitative estimate of drug-likeness (QED) is 0.270. The Hall–Kier alpha value is -4.09. The zero-order valence-corrected chi connectivity index (χ0v) is 24.4. The number of carbonyl (C=O) groups excluding carboxylic acids is 1. The van der Waals surface area contributed by atoms with Gasteiger partial charge in [-0.3, -0.25) is 9.10 Å². The van der Waals surface area contributed by atoms with E-state index in [4.69, 9.17) is 5.73 Å². The molecule has 0 aliphatic rings. The van der Waals surface area contributed by atoms with Crippen LogP contribution in [0.3, 0.4) is 0 Å². The number of nitrogens with two attached hydrogens (primary N) is 1. The smallest absolute Gasteiger partial charge is 0.251 e. The van der Waals surface area contributed by atoms with Gasteiger partial charge in [0.2, 0.25) is 10.0 Å². The van der Waals surface area contributed by atoms with E-state index in [9.17, 15) is 17.6 Å². The molecule has 0 spiro atoms. The molecule has 0 aliphatic heterocycles. The highest BCUT2D eigenvalue weighted by Gasteiger charge is 2.27. The fourth-order valence-electron chi connectivity index (χ4n) is 4.57. The molecule has 216 valence electrons. The first-order valence-corrected chi connectivity index (χ1v) is 15.2. The summed E-state index contributed by atoms with van der Waals surface area (Å²) in [6, 6.07) is 20.1. The Kier molecular flexibility index (Phi) is 8.89. The third-order valence-electron chi connectivity index (χ3n) is 6.75. The van der Waals surface area contributed by atoms with Crippen LogP contribution in [0.1, 0.15) is 60.4 Å². The first kappa shape index (κ1) is 29.9. The fourth-order valence-corrected chi connectivity index (χ4v) is 5.57. The van der Waals surface area contributed by atoms with Crippen molar-refractivity contribution >= 4 is 21.6 Å². The van der Waals surface area contributed by atoms with Crippen LogP contribution in [0.5, 0.6) is 0 Å². The molecule has 3 aromatic carbocycles. The average Bonchev–Trinajstić information content (AvgIpc) is 3.43. The molecule has 0 saturated heterocycles. The molecule has 2 unspecified atom stereocenters. The van der Waals surface area contributed by atoms with Gasteiger partial charge in [0.15, 0.2) is 0 Å². The number of halogens is 1. The predicted octanol–water partition coefficient (Wildman–Crippen LogP) is 4.49. The molecule has 4 aromatic rings. The molecular weight excluding hydrogens is 543 g/mol. The number of hydrogen-bond acceptors (Lipinski definition) is 6. The van der Waals surface area contributed by atoms with E-state index in [0.717, 1.165) is 17.4 Å². The van der Waals surface area contributed by atoms with Crippen LogP contribution in [-0.2, 0) is 22.0 Å². The Morgan fingerprint density at radius 2 is 1.80 bits per heavy atom. The first-order valence-electron chi connectivity index (χ1n) is 13.3. The average molecular weight is 579 g/mol. The Morgan fingerprint density at radius 1 is 1.12 bits per heavy atom. The summed E-state index contributed by atoms with van der Waals surface area (Å²) in [7, 11) is -3.64. The minimum atomic E-state index is -3.64. The lowest BCUT2D eigenvalue weighted by atomic mass is 9.91. The van der Waals surface area contributed by atoms with Gasteiger partial charge >= 0.3 is 0 Å². The summed E-state index contributed by atoms with van der Waals surface area (Å²) >= 11 is 0. The Bertz CT molecular complexity index is 1600. The van der Waals surface area contributed by atoms with E-state index in [1.165, 1.54) is 27.2 Å². The van der Waals surface area contributed by atoms with E-state index in [1.54, 1.807) is 37.4 Å². The minimum Gasteiger partial charge on any atom is -0.346 e. The van der Waals surface area contributed by atoms with Crippen molar-refractivity contribution in [3.05, 3.63) is 107 Å². The van der Waals surface area contributed by atoms with E-state index >= 15 is 0 Å². The Balaban J connectivity index is 1.71. The second kappa shape index (κ2) is 12.2. The summed E-state index contributed by atoms with van der Waals surface area (Å²) in [6.07, 6.45) is 3.91. The molecule has 1 heterocycles. The lowest BCUT2D eigenvalue weighted by Crippen LogP contribution is -2.36. The van der Waals surface area contributed by atoms with Crippen molar-refractivity contribution in [2.24, 2.45) is 5.73 Å². The second-order valence-corrected chi connectivity index (χ2v) is 12.4. The SMILES string of the molecule is CCCN(c1cc(C(=O)NC(C)c2ccc(F)cc2)cc(-n2cc(C(C)(N)Cc3ccccc3)nn2)c1)S(C)(=O)=O. The molecule has 1 amide bonds. The number of carbonyl (C=O) groups is 1. The molecule has 0 saturated carbocycles. The summed E-state index contributed by atoms with van der Waals surface area (Å²) in [6.45, 7) is 5.76. The highest BCUT2D eigenvalue weighted by molar-refractivity contribution is 7.92. The zero-order valence-electron chi connectivity index (χ0n) is 23.6. The molecule has 0 bridgehead atoms. The van der Waals surface area contributed by atoms with Gasteiger partial charge in [-0.15, -0.1) is 5.10 Å². The summed E-state index contributed by atoms with van der Waals surface area (Å²) in [5.74, 6) is -0.797. The molecule has 41 heavy (non-hydrogen) atoms. The molecule has 0 aliphatic carbocycles. The molecule has 3 N–H and O–H groups in total. The van der Waals surface area contributed by atoms with Crippen LogP contribution in [0.25, 0.3) is 5.69 Å². The van der Waals surface area contributed by atoms with Gasteiger partial charge in [0.05, 0.1) is 35.4 Å². The van der Waals surface area contributed by atoms with E-state index in [0.29, 0.717) is 29.9 Å². The van der Waals surface area contributed by atoms with Gasteiger partial charge in [0, 0.05) is 12.1 Å². The van der Waals surface area contributed by atoms with Crippen LogP contribution in [-0.4, -0.2) is 42.1 Å². The van der Waals surface area contributed by atoms with Gasteiger partial charge in [-0.1, -0.05) is 54.6 Å². The number of nitrogens with zero attached hydrogens (tertiary/aromatic N) is 4. The molecule has 1 aromatic heterocycles. The molecule has 11 heteroatoms. The molecular formula is C30H35FN6O3S. The predicted molar refractivity (Wildman–Crippen MR) is 158 cm³/mol. The maximum absolute atomic E-state index is 13.4.